The van der Waals surface area contributed by atoms with Gasteiger partial charge in [-0.3, -0.25) is 0 Å². The van der Waals surface area contributed by atoms with Gasteiger partial charge in [-0.2, -0.15) is 0 Å². The average Bonchev–Trinajstić information content (AvgIpc) is 2.29. The average molecular weight is 253 g/mol. The van der Waals surface area contributed by atoms with Gasteiger partial charge in [-0.05, 0) is 54.9 Å². The molecule has 2 heteroatoms. The van der Waals surface area contributed by atoms with E-state index in [-0.39, 0.29) is 6.10 Å². The van der Waals surface area contributed by atoms with Crippen molar-refractivity contribution >= 4 is 11.6 Å². The van der Waals surface area contributed by atoms with Crippen LogP contribution in [0.2, 0.25) is 5.02 Å². The van der Waals surface area contributed by atoms with Gasteiger partial charge in [-0.25, -0.2) is 0 Å². The zero-order valence-electron chi connectivity index (χ0n) is 10.6. The second kappa shape index (κ2) is 5.41. The van der Waals surface area contributed by atoms with Crippen LogP contribution in [-0.4, -0.2) is 5.11 Å². The van der Waals surface area contributed by atoms with E-state index in [1.807, 2.05) is 25.1 Å². The predicted molar refractivity (Wildman–Crippen MR) is 72.3 cm³/mol. The molecule has 94 valence electrons. The molecule has 1 aromatic rings. The van der Waals surface area contributed by atoms with Crippen LogP contribution in [0.15, 0.2) is 18.2 Å². The molecule has 0 amide bonds. The van der Waals surface area contributed by atoms with E-state index in [9.17, 15) is 5.11 Å². The van der Waals surface area contributed by atoms with Crippen LogP contribution in [-0.2, 0) is 0 Å². The largest absolute Gasteiger partial charge is 0.388 e. The fourth-order valence-corrected chi connectivity index (χ4v) is 3.05. The summed E-state index contributed by atoms with van der Waals surface area (Å²) in [4.78, 5) is 0. The molecule has 1 unspecified atom stereocenters. The maximum absolute atomic E-state index is 10.5. The number of hydrogen-bond donors (Lipinski definition) is 1. The van der Waals surface area contributed by atoms with Crippen LogP contribution in [0, 0.1) is 18.8 Å². The van der Waals surface area contributed by atoms with E-state index in [2.05, 4.69) is 6.92 Å². The molecule has 1 N–H and O–H groups in total. The molecular weight excluding hydrogens is 232 g/mol. The topological polar surface area (TPSA) is 20.2 Å². The normalized spacial score (nSPS) is 26.8. The summed E-state index contributed by atoms with van der Waals surface area (Å²) in [6.45, 7) is 4.33. The van der Waals surface area contributed by atoms with Gasteiger partial charge in [0.1, 0.15) is 0 Å². The Morgan fingerprint density at radius 2 is 1.88 bits per heavy atom. The van der Waals surface area contributed by atoms with Crippen molar-refractivity contribution in [3.8, 4) is 0 Å². The van der Waals surface area contributed by atoms with Crippen molar-refractivity contribution in [2.24, 2.45) is 11.8 Å². The van der Waals surface area contributed by atoms with E-state index in [1.165, 1.54) is 12.8 Å². The van der Waals surface area contributed by atoms with Crippen molar-refractivity contribution in [2.75, 3.05) is 0 Å². The third-order valence-corrected chi connectivity index (χ3v) is 4.29. The number of aliphatic hydroxyl groups is 1. The molecule has 1 nitrogen and oxygen atoms in total. The number of benzene rings is 1. The molecule has 1 aromatic carbocycles. The third-order valence-electron chi connectivity index (χ3n) is 4.06. The maximum Gasteiger partial charge on any atom is 0.0820 e. The first kappa shape index (κ1) is 12.9. The first-order chi connectivity index (χ1) is 8.08. The minimum atomic E-state index is -0.320. The Morgan fingerprint density at radius 1 is 1.24 bits per heavy atom. The van der Waals surface area contributed by atoms with Crippen molar-refractivity contribution in [1.82, 2.24) is 0 Å². The van der Waals surface area contributed by atoms with Gasteiger partial charge in [0.2, 0.25) is 0 Å². The van der Waals surface area contributed by atoms with Gasteiger partial charge >= 0.3 is 0 Å². The van der Waals surface area contributed by atoms with Crippen molar-refractivity contribution in [3.05, 3.63) is 34.3 Å². The Balaban J connectivity index is 2.11. The molecule has 0 heterocycles. The molecule has 0 radical (unpaired) electrons. The minimum absolute atomic E-state index is 0.320. The SMILES string of the molecule is Cc1cc(Cl)ccc1C(O)C1CCC(C)CC1. The Hall–Kier alpha value is -0.530. The summed E-state index contributed by atoms with van der Waals surface area (Å²) < 4.78 is 0. The number of halogens is 1. The van der Waals surface area contributed by atoms with E-state index in [4.69, 9.17) is 11.6 Å². The summed E-state index contributed by atoms with van der Waals surface area (Å²) in [5, 5.41) is 11.2. The Bertz CT molecular complexity index is 381. The monoisotopic (exact) mass is 252 g/mol. The number of rotatable bonds is 2. The molecular formula is C15H21ClO. The lowest BCUT2D eigenvalue weighted by molar-refractivity contribution is 0.0751. The van der Waals surface area contributed by atoms with Crippen LogP contribution < -0.4 is 0 Å². The van der Waals surface area contributed by atoms with Crippen molar-refractivity contribution in [1.29, 1.82) is 0 Å². The van der Waals surface area contributed by atoms with E-state index < -0.39 is 0 Å². The van der Waals surface area contributed by atoms with E-state index in [1.54, 1.807) is 0 Å². The summed E-state index contributed by atoms with van der Waals surface area (Å²) >= 11 is 5.94. The van der Waals surface area contributed by atoms with Gasteiger partial charge in [-0.1, -0.05) is 37.4 Å². The molecule has 0 bridgehead atoms. The fraction of sp³-hybridized carbons (Fsp3) is 0.600. The highest BCUT2D eigenvalue weighted by Gasteiger charge is 2.26. The van der Waals surface area contributed by atoms with E-state index in [0.29, 0.717) is 5.92 Å². The molecule has 0 aliphatic heterocycles. The van der Waals surface area contributed by atoms with Crippen LogP contribution in [0.3, 0.4) is 0 Å². The van der Waals surface area contributed by atoms with E-state index >= 15 is 0 Å². The zero-order chi connectivity index (χ0) is 12.4. The summed E-state index contributed by atoms with van der Waals surface area (Å²) in [5.41, 5.74) is 2.15. The van der Waals surface area contributed by atoms with Gasteiger partial charge in [0.05, 0.1) is 6.10 Å². The molecule has 1 saturated carbocycles. The predicted octanol–water partition coefficient (Wildman–Crippen LogP) is 4.51. The standard InChI is InChI=1S/C15H21ClO/c1-10-3-5-12(6-4-10)15(17)14-8-7-13(16)9-11(14)2/h7-10,12,15,17H,3-6H2,1-2H3. The maximum atomic E-state index is 10.5. The van der Waals surface area contributed by atoms with Crippen molar-refractivity contribution in [3.63, 3.8) is 0 Å². The molecule has 1 aliphatic carbocycles. The summed E-state index contributed by atoms with van der Waals surface area (Å²) in [6, 6.07) is 5.78. The number of aliphatic hydroxyl groups excluding tert-OH is 1. The first-order valence-electron chi connectivity index (χ1n) is 6.52. The number of aryl methyl sites for hydroxylation is 1. The zero-order valence-corrected chi connectivity index (χ0v) is 11.4. The Labute approximate surface area is 109 Å². The Morgan fingerprint density at radius 3 is 2.47 bits per heavy atom. The highest BCUT2D eigenvalue weighted by molar-refractivity contribution is 6.30. The van der Waals surface area contributed by atoms with Gasteiger partial charge in [-0.15, -0.1) is 0 Å². The lowest BCUT2D eigenvalue weighted by Gasteiger charge is -2.30. The highest BCUT2D eigenvalue weighted by Crippen LogP contribution is 2.37. The lowest BCUT2D eigenvalue weighted by atomic mass is 9.78. The molecule has 2 rings (SSSR count). The Kier molecular flexibility index (Phi) is 4.11. The molecule has 0 saturated heterocycles. The summed E-state index contributed by atoms with van der Waals surface area (Å²) in [6.07, 6.45) is 4.46. The second-order valence-electron chi connectivity index (χ2n) is 5.47. The smallest absolute Gasteiger partial charge is 0.0820 e. The van der Waals surface area contributed by atoms with Crippen LogP contribution in [0.5, 0.6) is 0 Å². The third kappa shape index (κ3) is 3.02. The highest BCUT2D eigenvalue weighted by atomic mass is 35.5. The van der Waals surface area contributed by atoms with Crippen LogP contribution >= 0.6 is 11.6 Å². The summed E-state index contributed by atoms with van der Waals surface area (Å²) in [5.74, 6) is 1.25. The fourth-order valence-electron chi connectivity index (χ4n) is 2.83. The minimum Gasteiger partial charge on any atom is -0.388 e. The summed E-state index contributed by atoms with van der Waals surface area (Å²) in [7, 11) is 0. The second-order valence-corrected chi connectivity index (χ2v) is 5.90. The molecule has 0 spiro atoms. The van der Waals surface area contributed by atoms with Crippen molar-refractivity contribution in [2.45, 2.75) is 45.6 Å². The lowest BCUT2D eigenvalue weighted by Crippen LogP contribution is -2.19. The molecule has 0 aromatic heterocycles. The first-order valence-corrected chi connectivity index (χ1v) is 6.90. The van der Waals surface area contributed by atoms with Crippen LogP contribution in [0.4, 0.5) is 0 Å². The molecule has 1 aliphatic rings. The van der Waals surface area contributed by atoms with Gasteiger partial charge in [0.15, 0.2) is 0 Å². The quantitative estimate of drug-likeness (QED) is 0.821. The van der Waals surface area contributed by atoms with Crippen molar-refractivity contribution < 1.29 is 5.11 Å². The molecule has 17 heavy (non-hydrogen) atoms. The number of hydrogen-bond acceptors (Lipinski definition) is 1. The van der Waals surface area contributed by atoms with Crippen LogP contribution in [0.1, 0.15) is 49.8 Å². The van der Waals surface area contributed by atoms with E-state index in [0.717, 1.165) is 34.9 Å². The van der Waals surface area contributed by atoms with Gasteiger partial charge in [0, 0.05) is 5.02 Å². The molecule has 1 fully saturated rings. The molecule has 1 atom stereocenters. The van der Waals surface area contributed by atoms with Crippen LogP contribution in [0.25, 0.3) is 0 Å². The van der Waals surface area contributed by atoms with Gasteiger partial charge in [0.25, 0.3) is 0 Å². The van der Waals surface area contributed by atoms with Gasteiger partial charge < -0.3 is 5.11 Å².